The molecule has 0 saturated carbocycles. The van der Waals surface area contributed by atoms with Gasteiger partial charge < -0.3 is 9.84 Å². The Morgan fingerprint density at radius 2 is 2.36 bits per heavy atom. The minimum absolute atomic E-state index is 0.349. The lowest BCUT2D eigenvalue weighted by molar-refractivity contribution is -0.0340. The summed E-state index contributed by atoms with van der Waals surface area (Å²) in [7, 11) is 1.60. The van der Waals surface area contributed by atoms with Crippen molar-refractivity contribution in [2.75, 3.05) is 13.7 Å². The first-order valence-corrected chi connectivity index (χ1v) is 5.04. The predicted octanol–water partition coefficient (Wildman–Crippen LogP) is 2.12. The highest BCUT2D eigenvalue weighted by Crippen LogP contribution is 2.38. The molecular weight excluding hydrogens is 200 g/mol. The van der Waals surface area contributed by atoms with E-state index in [0.29, 0.717) is 6.61 Å². The van der Waals surface area contributed by atoms with Crippen LogP contribution in [0.2, 0.25) is 5.02 Å². The summed E-state index contributed by atoms with van der Waals surface area (Å²) in [6, 6.07) is 5.63. The molecule has 1 N–H and O–H groups in total. The molecule has 0 saturated heterocycles. The van der Waals surface area contributed by atoms with Crippen LogP contribution in [0.15, 0.2) is 18.2 Å². The highest BCUT2D eigenvalue weighted by Gasteiger charge is 2.36. The van der Waals surface area contributed by atoms with Crippen LogP contribution in [0.3, 0.4) is 0 Å². The number of halogens is 1. The summed E-state index contributed by atoms with van der Waals surface area (Å²) in [6.45, 7) is 0.349. The second-order valence-corrected chi connectivity index (χ2v) is 4.20. The van der Waals surface area contributed by atoms with Crippen LogP contribution in [0, 0.1) is 0 Å². The summed E-state index contributed by atoms with van der Waals surface area (Å²) in [5.41, 5.74) is 1.29. The first-order chi connectivity index (χ1) is 6.65. The molecule has 2 rings (SSSR count). The van der Waals surface area contributed by atoms with Gasteiger partial charge in [-0.25, -0.2) is 0 Å². The summed E-state index contributed by atoms with van der Waals surface area (Å²) < 4.78 is 5.03. The van der Waals surface area contributed by atoms with Gasteiger partial charge in [0.25, 0.3) is 0 Å². The topological polar surface area (TPSA) is 29.5 Å². The van der Waals surface area contributed by atoms with Crippen molar-refractivity contribution in [1.29, 1.82) is 0 Å². The van der Waals surface area contributed by atoms with Crippen LogP contribution in [0.4, 0.5) is 0 Å². The Balaban J connectivity index is 2.39. The highest BCUT2D eigenvalue weighted by molar-refractivity contribution is 6.30. The first-order valence-electron chi connectivity index (χ1n) is 4.66. The largest absolute Gasteiger partial charge is 0.383 e. The van der Waals surface area contributed by atoms with Crippen molar-refractivity contribution < 1.29 is 9.84 Å². The number of methoxy groups -OCH3 is 1. The van der Waals surface area contributed by atoms with E-state index in [-0.39, 0.29) is 0 Å². The molecule has 1 aliphatic rings. The quantitative estimate of drug-likeness (QED) is 0.814. The maximum absolute atomic E-state index is 10.3. The maximum atomic E-state index is 10.3. The van der Waals surface area contributed by atoms with E-state index in [1.165, 1.54) is 0 Å². The Hall–Kier alpha value is -0.570. The van der Waals surface area contributed by atoms with Gasteiger partial charge in [-0.1, -0.05) is 17.7 Å². The first kappa shape index (κ1) is 9.97. The van der Waals surface area contributed by atoms with Gasteiger partial charge in [0.1, 0.15) is 5.60 Å². The number of fused-ring (bicyclic) bond motifs is 1. The van der Waals surface area contributed by atoms with Crippen LogP contribution in [0.5, 0.6) is 0 Å². The van der Waals surface area contributed by atoms with Crippen LogP contribution in [-0.2, 0) is 16.8 Å². The number of hydrogen-bond donors (Lipinski definition) is 1. The summed E-state index contributed by atoms with van der Waals surface area (Å²) in [5.74, 6) is 0. The number of ether oxygens (including phenoxy) is 1. The summed E-state index contributed by atoms with van der Waals surface area (Å²) in [5, 5.41) is 11.0. The molecule has 0 heterocycles. The minimum Gasteiger partial charge on any atom is -0.383 e. The lowest BCUT2D eigenvalue weighted by Crippen LogP contribution is -2.28. The van der Waals surface area contributed by atoms with E-state index in [4.69, 9.17) is 16.3 Å². The van der Waals surface area contributed by atoms with E-state index in [1.54, 1.807) is 7.11 Å². The van der Waals surface area contributed by atoms with Crippen molar-refractivity contribution in [2.45, 2.75) is 18.4 Å². The molecular formula is C11H13ClO2. The van der Waals surface area contributed by atoms with Gasteiger partial charge in [0, 0.05) is 12.1 Å². The molecule has 76 valence electrons. The Morgan fingerprint density at radius 3 is 3.07 bits per heavy atom. The molecule has 2 nitrogen and oxygen atoms in total. The van der Waals surface area contributed by atoms with Crippen molar-refractivity contribution in [3.63, 3.8) is 0 Å². The third-order valence-electron chi connectivity index (χ3n) is 2.76. The van der Waals surface area contributed by atoms with Gasteiger partial charge in [0.2, 0.25) is 0 Å². The molecule has 0 radical (unpaired) electrons. The standard InChI is InChI=1S/C11H13ClO2/c1-14-7-11(13)5-4-8-6-9(12)2-3-10(8)11/h2-3,6,13H,4-5,7H2,1H3. The Morgan fingerprint density at radius 1 is 1.57 bits per heavy atom. The fraction of sp³-hybridized carbons (Fsp3) is 0.455. The average Bonchev–Trinajstić information content (AvgIpc) is 2.44. The molecule has 1 unspecified atom stereocenters. The van der Waals surface area contributed by atoms with Crippen LogP contribution in [0.1, 0.15) is 17.5 Å². The van der Waals surface area contributed by atoms with Gasteiger partial charge in [-0.3, -0.25) is 0 Å². The molecule has 1 aromatic carbocycles. The minimum atomic E-state index is -0.811. The molecule has 3 heteroatoms. The SMILES string of the molecule is COCC1(O)CCc2cc(Cl)ccc21. The summed E-state index contributed by atoms with van der Waals surface area (Å²) >= 11 is 5.88. The Labute approximate surface area is 88.5 Å². The van der Waals surface area contributed by atoms with E-state index in [9.17, 15) is 5.11 Å². The smallest absolute Gasteiger partial charge is 0.113 e. The number of aliphatic hydroxyl groups is 1. The van der Waals surface area contributed by atoms with Crippen molar-refractivity contribution in [2.24, 2.45) is 0 Å². The van der Waals surface area contributed by atoms with Gasteiger partial charge in [-0.15, -0.1) is 0 Å². The van der Waals surface area contributed by atoms with Crippen LogP contribution in [0.25, 0.3) is 0 Å². The molecule has 0 aliphatic heterocycles. The van der Waals surface area contributed by atoms with Crippen molar-refractivity contribution in [3.8, 4) is 0 Å². The fourth-order valence-corrected chi connectivity index (χ4v) is 2.28. The summed E-state index contributed by atoms with van der Waals surface area (Å²) in [6.07, 6.45) is 1.59. The lowest BCUT2D eigenvalue weighted by Gasteiger charge is -2.22. The normalized spacial score (nSPS) is 25.1. The molecule has 0 amide bonds. The van der Waals surface area contributed by atoms with E-state index < -0.39 is 5.60 Å². The third-order valence-corrected chi connectivity index (χ3v) is 2.99. The van der Waals surface area contributed by atoms with E-state index in [0.717, 1.165) is 29.0 Å². The number of hydrogen-bond acceptors (Lipinski definition) is 2. The molecule has 1 aromatic rings. The van der Waals surface area contributed by atoms with Crippen LogP contribution >= 0.6 is 11.6 Å². The zero-order chi connectivity index (χ0) is 10.2. The van der Waals surface area contributed by atoms with Crippen LogP contribution in [-0.4, -0.2) is 18.8 Å². The molecule has 0 spiro atoms. The van der Waals surface area contributed by atoms with Gasteiger partial charge in [-0.2, -0.15) is 0 Å². The van der Waals surface area contributed by atoms with Gasteiger partial charge in [0.15, 0.2) is 0 Å². The van der Waals surface area contributed by atoms with Gasteiger partial charge in [0.05, 0.1) is 6.61 Å². The van der Waals surface area contributed by atoms with Crippen molar-refractivity contribution in [3.05, 3.63) is 34.3 Å². The molecule has 0 bridgehead atoms. The number of benzene rings is 1. The zero-order valence-electron chi connectivity index (χ0n) is 8.09. The lowest BCUT2D eigenvalue weighted by atomic mass is 9.97. The highest BCUT2D eigenvalue weighted by atomic mass is 35.5. The Kier molecular flexibility index (Phi) is 2.52. The monoisotopic (exact) mass is 212 g/mol. The number of rotatable bonds is 2. The summed E-state index contributed by atoms with van der Waals surface area (Å²) in [4.78, 5) is 0. The molecule has 1 aliphatic carbocycles. The molecule has 0 aromatic heterocycles. The second kappa shape index (κ2) is 3.54. The van der Waals surface area contributed by atoms with Crippen molar-refractivity contribution >= 4 is 11.6 Å². The molecule has 0 fully saturated rings. The van der Waals surface area contributed by atoms with Crippen molar-refractivity contribution in [1.82, 2.24) is 0 Å². The van der Waals surface area contributed by atoms with E-state index in [2.05, 4.69) is 0 Å². The van der Waals surface area contributed by atoms with E-state index >= 15 is 0 Å². The predicted molar refractivity (Wildman–Crippen MR) is 55.5 cm³/mol. The Bertz CT molecular complexity index is 351. The molecule has 14 heavy (non-hydrogen) atoms. The fourth-order valence-electron chi connectivity index (χ4n) is 2.09. The molecule has 1 atom stereocenters. The number of aryl methyl sites for hydroxylation is 1. The second-order valence-electron chi connectivity index (χ2n) is 3.77. The van der Waals surface area contributed by atoms with Crippen LogP contribution < -0.4 is 0 Å². The van der Waals surface area contributed by atoms with E-state index in [1.807, 2.05) is 18.2 Å². The zero-order valence-corrected chi connectivity index (χ0v) is 8.84. The maximum Gasteiger partial charge on any atom is 0.113 e. The van der Waals surface area contributed by atoms with Gasteiger partial charge >= 0.3 is 0 Å². The average molecular weight is 213 g/mol. The third kappa shape index (κ3) is 1.54. The van der Waals surface area contributed by atoms with Gasteiger partial charge in [-0.05, 0) is 36.1 Å².